The van der Waals surface area contributed by atoms with Gasteiger partial charge in [0, 0.05) is 14.1 Å². The van der Waals surface area contributed by atoms with Crippen LogP contribution in [0.4, 0.5) is 4.79 Å². The maximum absolute atomic E-state index is 10.9. The lowest BCUT2D eigenvalue weighted by molar-refractivity contribution is -0.139. The van der Waals surface area contributed by atoms with Crippen molar-refractivity contribution in [3.63, 3.8) is 0 Å². The number of esters is 1. The van der Waals surface area contributed by atoms with E-state index in [1.807, 2.05) is 0 Å². The fourth-order valence-electron chi connectivity index (χ4n) is 0.580. The highest BCUT2D eigenvalue weighted by molar-refractivity contribution is 5.86. The molecule has 1 fully saturated rings. The van der Waals surface area contributed by atoms with Crippen LogP contribution in [0.1, 0.15) is 12.8 Å². The standard InChI is InChI=1S/C7H11NO3/c1-8(2)7(10)11-6(9)5-3-4-5/h5H,3-4H2,1-2H3. The smallest absolute Gasteiger partial charge is 0.376 e. The van der Waals surface area contributed by atoms with Crippen LogP contribution >= 0.6 is 0 Å². The summed E-state index contributed by atoms with van der Waals surface area (Å²) in [6, 6.07) is 0. The fourth-order valence-corrected chi connectivity index (χ4v) is 0.580. The third-order valence-corrected chi connectivity index (χ3v) is 1.46. The van der Waals surface area contributed by atoms with Crippen LogP contribution in [0.3, 0.4) is 0 Å². The zero-order chi connectivity index (χ0) is 8.43. The van der Waals surface area contributed by atoms with Gasteiger partial charge in [0.15, 0.2) is 0 Å². The molecule has 0 heterocycles. The minimum Gasteiger partial charge on any atom is -0.376 e. The Balaban J connectivity index is 2.29. The van der Waals surface area contributed by atoms with Crippen molar-refractivity contribution in [1.29, 1.82) is 0 Å². The quantitative estimate of drug-likeness (QED) is 0.414. The van der Waals surface area contributed by atoms with Gasteiger partial charge in [-0.3, -0.25) is 4.79 Å². The molecule has 1 aliphatic carbocycles. The third kappa shape index (κ3) is 2.22. The molecule has 0 unspecified atom stereocenters. The van der Waals surface area contributed by atoms with Crippen LogP contribution < -0.4 is 0 Å². The topological polar surface area (TPSA) is 46.6 Å². The second-order valence-corrected chi connectivity index (χ2v) is 2.86. The van der Waals surface area contributed by atoms with E-state index in [0.717, 1.165) is 12.8 Å². The molecule has 0 atom stereocenters. The summed E-state index contributed by atoms with van der Waals surface area (Å²) in [5, 5.41) is 0. The predicted octanol–water partition coefficient (Wildman–Crippen LogP) is 0.621. The van der Waals surface area contributed by atoms with Gasteiger partial charge in [-0.15, -0.1) is 0 Å². The van der Waals surface area contributed by atoms with E-state index in [9.17, 15) is 9.59 Å². The lowest BCUT2D eigenvalue weighted by Crippen LogP contribution is -2.26. The van der Waals surface area contributed by atoms with Gasteiger partial charge >= 0.3 is 12.1 Å². The normalized spacial score (nSPS) is 15.8. The van der Waals surface area contributed by atoms with Gasteiger partial charge in [0.1, 0.15) is 0 Å². The Morgan fingerprint density at radius 1 is 1.36 bits per heavy atom. The lowest BCUT2D eigenvalue weighted by atomic mass is 10.4. The molecule has 0 aromatic carbocycles. The number of ether oxygens (including phenoxy) is 1. The minimum absolute atomic E-state index is 0.0149. The van der Waals surface area contributed by atoms with Crippen molar-refractivity contribution in [1.82, 2.24) is 4.90 Å². The van der Waals surface area contributed by atoms with Gasteiger partial charge in [0.05, 0.1) is 5.92 Å². The summed E-state index contributed by atoms with van der Waals surface area (Å²) in [5.41, 5.74) is 0. The van der Waals surface area contributed by atoms with Gasteiger partial charge in [0.25, 0.3) is 0 Å². The first-order chi connectivity index (χ1) is 5.11. The van der Waals surface area contributed by atoms with Crippen LogP contribution in [0, 0.1) is 5.92 Å². The molecule has 0 aliphatic heterocycles. The SMILES string of the molecule is CN(C)C(=O)OC(=O)C1CC1. The van der Waals surface area contributed by atoms with Crippen LogP contribution in [0.5, 0.6) is 0 Å². The Kier molecular flexibility index (Phi) is 2.12. The molecule has 1 rings (SSSR count). The zero-order valence-corrected chi connectivity index (χ0v) is 6.66. The maximum Gasteiger partial charge on any atom is 0.416 e. The van der Waals surface area contributed by atoms with Crippen LogP contribution in [-0.2, 0) is 9.53 Å². The molecule has 1 saturated carbocycles. The predicted molar refractivity (Wildman–Crippen MR) is 37.9 cm³/mol. The molecule has 1 aliphatic rings. The maximum atomic E-state index is 10.9. The van der Waals surface area contributed by atoms with Gasteiger partial charge < -0.3 is 9.64 Å². The second-order valence-electron chi connectivity index (χ2n) is 2.86. The van der Waals surface area contributed by atoms with E-state index >= 15 is 0 Å². The number of carbonyl (C=O) groups excluding carboxylic acids is 2. The second kappa shape index (κ2) is 2.90. The van der Waals surface area contributed by atoms with Gasteiger partial charge in [-0.25, -0.2) is 4.79 Å². The van der Waals surface area contributed by atoms with E-state index in [-0.39, 0.29) is 11.9 Å². The first-order valence-corrected chi connectivity index (χ1v) is 3.54. The van der Waals surface area contributed by atoms with Crippen LogP contribution in [0.2, 0.25) is 0 Å². The molecule has 1 amide bonds. The number of amides is 1. The Morgan fingerprint density at radius 2 is 1.91 bits per heavy atom. The fraction of sp³-hybridized carbons (Fsp3) is 0.714. The van der Waals surface area contributed by atoms with Crippen molar-refractivity contribution in [3.05, 3.63) is 0 Å². The molecule has 62 valence electrons. The molecule has 0 spiro atoms. The molecular weight excluding hydrogens is 146 g/mol. The van der Waals surface area contributed by atoms with E-state index < -0.39 is 6.09 Å². The molecule has 0 N–H and O–H groups in total. The van der Waals surface area contributed by atoms with Gasteiger partial charge in [-0.1, -0.05) is 0 Å². The number of hydrogen-bond acceptors (Lipinski definition) is 3. The minimum atomic E-state index is -0.582. The van der Waals surface area contributed by atoms with Crippen molar-refractivity contribution < 1.29 is 14.3 Å². The van der Waals surface area contributed by atoms with E-state index in [2.05, 4.69) is 4.74 Å². The summed E-state index contributed by atoms with van der Waals surface area (Å²) in [4.78, 5) is 22.9. The molecule has 0 aromatic rings. The molecule has 4 heteroatoms. The molecule has 4 nitrogen and oxygen atoms in total. The van der Waals surface area contributed by atoms with Crippen molar-refractivity contribution in [3.8, 4) is 0 Å². The summed E-state index contributed by atoms with van der Waals surface area (Å²) < 4.78 is 4.48. The molecular formula is C7H11NO3. The molecule has 0 aromatic heterocycles. The van der Waals surface area contributed by atoms with Crippen LogP contribution in [0.25, 0.3) is 0 Å². The summed E-state index contributed by atoms with van der Waals surface area (Å²) in [7, 11) is 3.09. The largest absolute Gasteiger partial charge is 0.416 e. The molecule has 0 bridgehead atoms. The van der Waals surface area contributed by atoms with E-state index in [1.54, 1.807) is 14.1 Å². The van der Waals surface area contributed by atoms with Crippen LogP contribution in [-0.4, -0.2) is 31.1 Å². The summed E-state index contributed by atoms with van der Waals surface area (Å²) in [5.74, 6) is -0.400. The Morgan fingerprint density at radius 3 is 2.27 bits per heavy atom. The van der Waals surface area contributed by atoms with Gasteiger partial charge in [-0.05, 0) is 12.8 Å². The van der Waals surface area contributed by atoms with Crippen LogP contribution in [0.15, 0.2) is 0 Å². The van der Waals surface area contributed by atoms with Crippen molar-refractivity contribution in [2.24, 2.45) is 5.92 Å². The monoisotopic (exact) mass is 157 g/mol. The van der Waals surface area contributed by atoms with Gasteiger partial charge in [-0.2, -0.15) is 0 Å². The van der Waals surface area contributed by atoms with E-state index in [0.29, 0.717) is 0 Å². The summed E-state index contributed by atoms with van der Waals surface area (Å²) in [6.45, 7) is 0. The first-order valence-electron chi connectivity index (χ1n) is 3.54. The molecule has 0 radical (unpaired) electrons. The zero-order valence-electron chi connectivity index (χ0n) is 6.66. The average Bonchev–Trinajstić information content (AvgIpc) is 2.67. The number of hydrogen-bond donors (Lipinski definition) is 0. The lowest BCUT2D eigenvalue weighted by Gasteiger charge is -2.08. The third-order valence-electron chi connectivity index (χ3n) is 1.46. The van der Waals surface area contributed by atoms with Crippen molar-refractivity contribution >= 4 is 12.1 Å². The highest BCUT2D eigenvalue weighted by atomic mass is 16.6. The average molecular weight is 157 g/mol. The first kappa shape index (κ1) is 8.04. The highest BCUT2D eigenvalue weighted by Gasteiger charge is 2.33. The van der Waals surface area contributed by atoms with E-state index in [1.165, 1.54) is 4.90 Å². The Hall–Kier alpha value is -1.06. The summed E-state index contributed by atoms with van der Waals surface area (Å²) >= 11 is 0. The van der Waals surface area contributed by atoms with Gasteiger partial charge in [0.2, 0.25) is 0 Å². The Labute approximate surface area is 65.1 Å². The Bertz CT molecular complexity index is 172. The number of rotatable bonds is 1. The number of carbonyl (C=O) groups is 2. The number of nitrogens with zero attached hydrogens (tertiary/aromatic N) is 1. The van der Waals surface area contributed by atoms with Crippen molar-refractivity contribution in [2.45, 2.75) is 12.8 Å². The molecule has 11 heavy (non-hydrogen) atoms. The highest BCUT2D eigenvalue weighted by Crippen LogP contribution is 2.30. The molecule has 0 saturated heterocycles. The van der Waals surface area contributed by atoms with Crippen molar-refractivity contribution in [2.75, 3.05) is 14.1 Å². The summed E-state index contributed by atoms with van der Waals surface area (Å²) in [6.07, 6.45) is 1.14. The van der Waals surface area contributed by atoms with E-state index in [4.69, 9.17) is 0 Å².